The summed E-state index contributed by atoms with van der Waals surface area (Å²) in [6, 6.07) is 8.36. The van der Waals surface area contributed by atoms with Gasteiger partial charge in [0.15, 0.2) is 0 Å². The van der Waals surface area contributed by atoms with Gasteiger partial charge < -0.3 is 24.2 Å². The van der Waals surface area contributed by atoms with Crippen molar-refractivity contribution in [1.29, 1.82) is 0 Å². The van der Waals surface area contributed by atoms with E-state index in [9.17, 15) is 9.59 Å². The Bertz CT molecular complexity index is 758. The molecule has 7 heteroatoms. The van der Waals surface area contributed by atoms with E-state index in [0.29, 0.717) is 39.0 Å². The molecule has 2 saturated heterocycles. The zero-order valence-corrected chi connectivity index (χ0v) is 20.3. The van der Waals surface area contributed by atoms with Gasteiger partial charge in [-0.2, -0.15) is 0 Å². The average Bonchev–Trinajstić information content (AvgIpc) is 3.25. The summed E-state index contributed by atoms with van der Waals surface area (Å²) in [5.74, 6) is 0.0946. The zero-order valence-electron chi connectivity index (χ0n) is 20.3. The summed E-state index contributed by atoms with van der Waals surface area (Å²) in [6.45, 7) is 8.70. The molecule has 32 heavy (non-hydrogen) atoms. The number of hydrogen-bond donors (Lipinski definition) is 0. The zero-order chi connectivity index (χ0) is 23.3. The van der Waals surface area contributed by atoms with Crippen molar-refractivity contribution >= 4 is 17.7 Å². The predicted molar refractivity (Wildman–Crippen MR) is 126 cm³/mol. The fraction of sp³-hybridized carbons (Fsp3) is 0.680. The van der Waals surface area contributed by atoms with Gasteiger partial charge in [0.05, 0.1) is 6.10 Å². The maximum absolute atomic E-state index is 13.5. The van der Waals surface area contributed by atoms with E-state index in [0.717, 1.165) is 30.7 Å². The van der Waals surface area contributed by atoms with Crippen molar-refractivity contribution in [3.8, 4) is 0 Å². The molecule has 1 unspecified atom stereocenters. The lowest BCUT2D eigenvalue weighted by Gasteiger charge is -2.35. The lowest BCUT2D eigenvalue weighted by Crippen LogP contribution is -2.47. The van der Waals surface area contributed by atoms with Crippen LogP contribution in [0, 0.1) is 5.92 Å². The van der Waals surface area contributed by atoms with E-state index >= 15 is 0 Å². The SMILES string of the molecule is CN(C)c1ccc(CN(CC2CCCO2)C(=O)C2CCN(C(=O)OC(C)(C)C)CC2)cc1. The molecule has 0 bridgehead atoms. The molecule has 0 aliphatic carbocycles. The quantitative estimate of drug-likeness (QED) is 0.664. The number of rotatable bonds is 6. The van der Waals surface area contributed by atoms with Gasteiger partial charge in [0.25, 0.3) is 0 Å². The van der Waals surface area contributed by atoms with E-state index in [1.54, 1.807) is 4.90 Å². The maximum atomic E-state index is 13.5. The summed E-state index contributed by atoms with van der Waals surface area (Å²) in [7, 11) is 4.04. The van der Waals surface area contributed by atoms with Crippen LogP contribution in [-0.4, -0.2) is 73.8 Å². The van der Waals surface area contributed by atoms with Gasteiger partial charge >= 0.3 is 6.09 Å². The topological polar surface area (TPSA) is 62.3 Å². The maximum Gasteiger partial charge on any atom is 0.410 e. The van der Waals surface area contributed by atoms with Crippen LogP contribution in [0.1, 0.15) is 52.0 Å². The molecule has 7 nitrogen and oxygen atoms in total. The molecule has 1 aromatic rings. The Morgan fingerprint density at radius 3 is 2.28 bits per heavy atom. The van der Waals surface area contributed by atoms with Crippen molar-refractivity contribution in [1.82, 2.24) is 9.80 Å². The molecule has 0 saturated carbocycles. The molecule has 0 spiro atoms. The first kappa shape index (κ1) is 24.4. The molecular weight excluding hydrogens is 406 g/mol. The molecule has 0 N–H and O–H groups in total. The van der Waals surface area contributed by atoms with Crippen LogP contribution in [-0.2, 0) is 20.8 Å². The van der Waals surface area contributed by atoms with Gasteiger partial charge in [-0.15, -0.1) is 0 Å². The summed E-state index contributed by atoms with van der Waals surface area (Å²) in [6.07, 6.45) is 3.21. The van der Waals surface area contributed by atoms with Crippen LogP contribution in [0.3, 0.4) is 0 Å². The van der Waals surface area contributed by atoms with E-state index < -0.39 is 5.60 Å². The first-order chi connectivity index (χ1) is 15.1. The summed E-state index contributed by atoms with van der Waals surface area (Å²) < 4.78 is 11.3. The van der Waals surface area contributed by atoms with Crippen molar-refractivity contribution < 1.29 is 19.1 Å². The highest BCUT2D eigenvalue weighted by Gasteiger charge is 2.33. The van der Waals surface area contributed by atoms with Gasteiger partial charge in [-0.3, -0.25) is 4.79 Å². The van der Waals surface area contributed by atoms with Crippen molar-refractivity contribution in [2.75, 3.05) is 45.2 Å². The number of hydrogen-bond acceptors (Lipinski definition) is 5. The molecule has 1 atom stereocenters. The van der Waals surface area contributed by atoms with Crippen molar-refractivity contribution in [2.24, 2.45) is 5.92 Å². The van der Waals surface area contributed by atoms with Gasteiger partial charge in [-0.25, -0.2) is 4.79 Å². The molecule has 1 aromatic carbocycles. The first-order valence-corrected chi connectivity index (χ1v) is 11.8. The van der Waals surface area contributed by atoms with E-state index in [1.165, 1.54) is 0 Å². The second-order valence-electron chi connectivity index (χ2n) is 10.2. The Morgan fingerprint density at radius 2 is 1.75 bits per heavy atom. The Labute approximate surface area is 192 Å². The monoisotopic (exact) mass is 445 g/mol. The second kappa shape index (κ2) is 10.6. The van der Waals surface area contributed by atoms with Crippen LogP contribution in [0.25, 0.3) is 0 Å². The van der Waals surface area contributed by atoms with Crippen molar-refractivity contribution in [3.63, 3.8) is 0 Å². The Morgan fingerprint density at radius 1 is 1.09 bits per heavy atom. The van der Waals surface area contributed by atoms with Crippen molar-refractivity contribution in [3.05, 3.63) is 29.8 Å². The second-order valence-corrected chi connectivity index (χ2v) is 10.2. The number of carbonyl (C=O) groups excluding carboxylic acids is 2. The summed E-state index contributed by atoms with van der Waals surface area (Å²) >= 11 is 0. The molecule has 2 aliphatic rings. The lowest BCUT2D eigenvalue weighted by molar-refractivity contribution is -0.139. The number of amides is 2. The Kier molecular flexibility index (Phi) is 8.04. The normalized spacial score (nSPS) is 19.7. The van der Waals surface area contributed by atoms with Crippen LogP contribution < -0.4 is 4.90 Å². The van der Waals surface area contributed by atoms with Crippen LogP contribution in [0.4, 0.5) is 10.5 Å². The minimum Gasteiger partial charge on any atom is -0.444 e. The average molecular weight is 446 g/mol. The molecule has 0 aromatic heterocycles. The van der Waals surface area contributed by atoms with Crippen molar-refractivity contribution in [2.45, 2.75) is 64.7 Å². The van der Waals surface area contributed by atoms with Crippen LogP contribution in [0.15, 0.2) is 24.3 Å². The number of anilines is 1. The molecule has 178 valence electrons. The smallest absolute Gasteiger partial charge is 0.410 e. The fourth-order valence-corrected chi connectivity index (χ4v) is 4.28. The molecular formula is C25H39N3O4. The summed E-state index contributed by atoms with van der Waals surface area (Å²) in [5, 5.41) is 0. The highest BCUT2D eigenvalue weighted by atomic mass is 16.6. The lowest BCUT2D eigenvalue weighted by atomic mass is 9.95. The van der Waals surface area contributed by atoms with Gasteiger partial charge in [-0.05, 0) is 64.2 Å². The first-order valence-electron chi connectivity index (χ1n) is 11.8. The molecule has 3 rings (SSSR count). The molecule has 2 amide bonds. The number of carbonyl (C=O) groups is 2. The minimum absolute atomic E-state index is 0.0730. The van der Waals surface area contributed by atoms with E-state index in [2.05, 4.69) is 29.2 Å². The molecule has 2 fully saturated rings. The van der Waals surface area contributed by atoms with E-state index in [-0.39, 0.29) is 24.0 Å². The molecule has 0 radical (unpaired) electrons. The van der Waals surface area contributed by atoms with Gasteiger partial charge in [-0.1, -0.05) is 12.1 Å². The Balaban J connectivity index is 1.62. The highest BCUT2D eigenvalue weighted by Crippen LogP contribution is 2.24. The van der Waals surface area contributed by atoms with Gasteiger partial charge in [0.2, 0.25) is 5.91 Å². The summed E-state index contributed by atoms with van der Waals surface area (Å²) in [5.41, 5.74) is 1.75. The van der Waals surface area contributed by atoms with Crippen LogP contribution in [0.2, 0.25) is 0 Å². The third kappa shape index (κ3) is 6.86. The van der Waals surface area contributed by atoms with Crippen LogP contribution in [0.5, 0.6) is 0 Å². The largest absolute Gasteiger partial charge is 0.444 e. The third-order valence-corrected chi connectivity index (χ3v) is 6.08. The number of likely N-dealkylation sites (tertiary alicyclic amines) is 1. The highest BCUT2D eigenvalue weighted by molar-refractivity contribution is 5.79. The number of ether oxygens (including phenoxy) is 2. The number of benzene rings is 1. The number of piperidine rings is 1. The molecule has 2 heterocycles. The predicted octanol–water partition coefficient (Wildman–Crippen LogP) is 3.91. The minimum atomic E-state index is -0.510. The molecule has 2 aliphatic heterocycles. The summed E-state index contributed by atoms with van der Waals surface area (Å²) in [4.78, 5) is 31.6. The van der Waals surface area contributed by atoms with E-state index in [1.807, 2.05) is 39.8 Å². The van der Waals surface area contributed by atoms with Crippen LogP contribution >= 0.6 is 0 Å². The standard InChI is InChI=1S/C25H39N3O4/c1-25(2,3)32-24(30)27-14-12-20(13-15-27)23(29)28(18-22-7-6-16-31-22)17-19-8-10-21(11-9-19)26(4)5/h8-11,20,22H,6-7,12-18H2,1-5H3. The fourth-order valence-electron chi connectivity index (χ4n) is 4.28. The Hall–Kier alpha value is -2.28. The van der Waals surface area contributed by atoms with Gasteiger partial charge in [0.1, 0.15) is 5.60 Å². The van der Waals surface area contributed by atoms with Gasteiger partial charge in [0, 0.05) is 58.5 Å². The number of nitrogens with zero attached hydrogens (tertiary/aromatic N) is 3. The van der Waals surface area contributed by atoms with E-state index in [4.69, 9.17) is 9.47 Å². The third-order valence-electron chi connectivity index (χ3n) is 6.08.